The zero-order valence-corrected chi connectivity index (χ0v) is 16.0. The first-order chi connectivity index (χ1) is 13.8. The summed E-state index contributed by atoms with van der Waals surface area (Å²) in [5, 5.41) is 8.37. The Morgan fingerprint density at radius 2 is 1.72 bits per heavy atom. The van der Waals surface area contributed by atoms with E-state index >= 15 is 0 Å². The Morgan fingerprint density at radius 1 is 1.03 bits per heavy atom. The normalized spacial score (nSPS) is 13.4. The Hall–Kier alpha value is -3.23. The van der Waals surface area contributed by atoms with Gasteiger partial charge in [-0.3, -0.25) is 0 Å². The molecule has 152 valence electrons. The van der Waals surface area contributed by atoms with Gasteiger partial charge in [0.2, 0.25) is 0 Å². The zero-order chi connectivity index (χ0) is 20.8. The molecule has 0 saturated heterocycles. The molecule has 0 aliphatic carbocycles. The molecule has 0 amide bonds. The highest BCUT2D eigenvalue weighted by Gasteiger charge is 2.33. The highest BCUT2D eigenvalue weighted by Crippen LogP contribution is 2.40. The number of benzene rings is 2. The van der Waals surface area contributed by atoms with Gasteiger partial charge in [0, 0.05) is 19.2 Å². The minimum Gasteiger partial charge on any atom is -0.486 e. The lowest BCUT2D eigenvalue weighted by Crippen LogP contribution is -2.30. The van der Waals surface area contributed by atoms with Crippen LogP contribution in [0.25, 0.3) is 11.4 Å². The molecule has 2 heterocycles. The van der Waals surface area contributed by atoms with Crippen molar-refractivity contribution in [1.82, 2.24) is 14.8 Å². The fourth-order valence-electron chi connectivity index (χ4n) is 3.27. The molecule has 9 heteroatoms. The molecule has 3 aromatic rings. The van der Waals surface area contributed by atoms with Crippen LogP contribution in [0.2, 0.25) is 0 Å². The number of hydrogen-bond donors (Lipinski definition) is 0. The van der Waals surface area contributed by atoms with Crippen LogP contribution in [0.3, 0.4) is 0 Å². The van der Waals surface area contributed by atoms with Crippen LogP contribution in [0.15, 0.2) is 30.3 Å². The van der Waals surface area contributed by atoms with Crippen LogP contribution in [0.5, 0.6) is 17.2 Å². The van der Waals surface area contributed by atoms with Crippen LogP contribution < -0.4 is 14.2 Å². The van der Waals surface area contributed by atoms with Gasteiger partial charge in [-0.15, -0.1) is 10.2 Å². The molecule has 0 spiro atoms. The average Bonchev–Trinajstić information content (AvgIpc) is 3.06. The Kier molecular flexibility index (Phi) is 4.60. The van der Waals surface area contributed by atoms with Gasteiger partial charge in [-0.05, 0) is 26.0 Å². The van der Waals surface area contributed by atoms with E-state index in [4.69, 9.17) is 14.2 Å². The van der Waals surface area contributed by atoms with Crippen molar-refractivity contribution in [3.05, 3.63) is 53.6 Å². The summed E-state index contributed by atoms with van der Waals surface area (Å²) in [4.78, 5) is 0. The Morgan fingerprint density at radius 3 is 2.45 bits per heavy atom. The van der Waals surface area contributed by atoms with Gasteiger partial charge in [-0.25, -0.2) is 13.2 Å². The van der Waals surface area contributed by atoms with Gasteiger partial charge >= 0.3 is 0 Å². The molecule has 1 aliphatic heterocycles. The summed E-state index contributed by atoms with van der Waals surface area (Å²) in [6.07, 6.45) is 0. The highest BCUT2D eigenvalue weighted by atomic mass is 19.1. The van der Waals surface area contributed by atoms with Crippen LogP contribution in [-0.2, 0) is 12.6 Å². The maximum Gasteiger partial charge on any atom is 0.192 e. The topological polar surface area (TPSA) is 58.4 Å². The van der Waals surface area contributed by atoms with E-state index in [1.165, 1.54) is 0 Å². The third-order valence-corrected chi connectivity index (χ3v) is 4.54. The molecule has 29 heavy (non-hydrogen) atoms. The molecular weight excluding hydrogens is 387 g/mol. The van der Waals surface area contributed by atoms with E-state index in [0.29, 0.717) is 54.1 Å². The second-order valence-corrected chi connectivity index (χ2v) is 7.05. The average molecular weight is 405 g/mol. The molecule has 0 saturated carbocycles. The first kappa shape index (κ1) is 19.1. The fourth-order valence-corrected chi connectivity index (χ4v) is 3.27. The van der Waals surface area contributed by atoms with Gasteiger partial charge in [0.05, 0.1) is 5.56 Å². The van der Waals surface area contributed by atoms with Crippen LogP contribution in [0.4, 0.5) is 13.2 Å². The van der Waals surface area contributed by atoms with Crippen LogP contribution >= 0.6 is 0 Å². The summed E-state index contributed by atoms with van der Waals surface area (Å²) in [7, 11) is 1.70. The number of ether oxygens (including phenoxy) is 3. The van der Waals surface area contributed by atoms with Crippen molar-refractivity contribution >= 4 is 0 Å². The summed E-state index contributed by atoms with van der Waals surface area (Å²) in [6.45, 7) is 4.04. The smallest absolute Gasteiger partial charge is 0.192 e. The van der Waals surface area contributed by atoms with E-state index in [9.17, 15) is 13.2 Å². The van der Waals surface area contributed by atoms with Gasteiger partial charge in [0.15, 0.2) is 46.1 Å². The molecule has 0 unspecified atom stereocenters. The number of nitrogens with zero attached hydrogens (tertiary/aromatic N) is 3. The van der Waals surface area contributed by atoms with Crippen molar-refractivity contribution in [3.8, 4) is 28.6 Å². The van der Waals surface area contributed by atoms with Crippen molar-refractivity contribution in [2.45, 2.75) is 19.4 Å². The number of halogens is 3. The van der Waals surface area contributed by atoms with Crippen molar-refractivity contribution in [3.63, 3.8) is 0 Å². The van der Waals surface area contributed by atoms with Gasteiger partial charge in [-0.2, -0.15) is 0 Å². The lowest BCUT2D eigenvalue weighted by atomic mass is 10.1. The van der Waals surface area contributed by atoms with Crippen LogP contribution in [0.1, 0.15) is 19.7 Å². The SMILES string of the molecule is Cn1c(-c2cccc3c2OCCO3)nnc1C(C)(C)Oc1c(F)cc(F)cc1F. The zero-order valence-electron chi connectivity index (χ0n) is 16.0. The molecule has 4 rings (SSSR count). The molecule has 1 aromatic heterocycles. The second-order valence-electron chi connectivity index (χ2n) is 7.05. The van der Waals surface area contributed by atoms with Gasteiger partial charge in [-0.1, -0.05) is 6.07 Å². The highest BCUT2D eigenvalue weighted by molar-refractivity contribution is 5.69. The Labute approximate surface area is 164 Å². The number of aromatic nitrogens is 3. The van der Waals surface area contributed by atoms with Crippen LogP contribution in [0, 0.1) is 17.5 Å². The van der Waals surface area contributed by atoms with E-state index in [0.717, 1.165) is 0 Å². The minimum absolute atomic E-state index is 0.310. The number of rotatable bonds is 4. The van der Waals surface area contributed by atoms with E-state index < -0.39 is 28.8 Å². The largest absolute Gasteiger partial charge is 0.486 e. The molecule has 1 aliphatic rings. The summed E-state index contributed by atoms with van der Waals surface area (Å²) in [6, 6.07) is 6.54. The quantitative estimate of drug-likeness (QED) is 0.657. The molecule has 0 radical (unpaired) electrons. The summed E-state index contributed by atoms with van der Waals surface area (Å²) in [5.74, 6) is -2.05. The lowest BCUT2D eigenvalue weighted by molar-refractivity contribution is 0.0833. The number of hydrogen-bond acceptors (Lipinski definition) is 5. The maximum absolute atomic E-state index is 14.0. The van der Waals surface area contributed by atoms with Gasteiger partial charge < -0.3 is 18.8 Å². The van der Waals surface area contributed by atoms with E-state index in [-0.39, 0.29) is 0 Å². The Balaban J connectivity index is 1.72. The van der Waals surface area contributed by atoms with Gasteiger partial charge in [0.1, 0.15) is 19.0 Å². The van der Waals surface area contributed by atoms with Crippen molar-refractivity contribution < 1.29 is 27.4 Å². The predicted octanol–water partition coefficient (Wildman–Crippen LogP) is 3.98. The summed E-state index contributed by atoms with van der Waals surface area (Å²) in [5.41, 5.74) is -0.607. The third kappa shape index (κ3) is 3.37. The van der Waals surface area contributed by atoms with Crippen LogP contribution in [-0.4, -0.2) is 28.0 Å². The fraction of sp³-hybridized carbons (Fsp3) is 0.300. The van der Waals surface area contributed by atoms with E-state index in [2.05, 4.69) is 10.2 Å². The maximum atomic E-state index is 14.0. The molecule has 0 bridgehead atoms. The van der Waals surface area contributed by atoms with Gasteiger partial charge in [0.25, 0.3) is 0 Å². The molecule has 0 N–H and O–H groups in total. The van der Waals surface area contributed by atoms with Crippen molar-refractivity contribution in [1.29, 1.82) is 0 Å². The van der Waals surface area contributed by atoms with Crippen molar-refractivity contribution in [2.75, 3.05) is 13.2 Å². The van der Waals surface area contributed by atoms with Crippen molar-refractivity contribution in [2.24, 2.45) is 7.05 Å². The summed E-state index contributed by atoms with van der Waals surface area (Å²) < 4.78 is 59.8. The molecule has 0 fully saturated rings. The molecule has 0 atom stereocenters. The minimum atomic E-state index is -1.27. The molecular formula is C20H18F3N3O3. The predicted molar refractivity (Wildman–Crippen MR) is 97.4 cm³/mol. The molecule has 6 nitrogen and oxygen atoms in total. The third-order valence-electron chi connectivity index (χ3n) is 4.54. The first-order valence-electron chi connectivity index (χ1n) is 8.90. The lowest BCUT2D eigenvalue weighted by Gasteiger charge is -2.26. The standard InChI is InChI=1S/C20H18F3N3O3/c1-20(2,29-17-13(22)9-11(21)10-14(17)23)19-25-24-18(26(19)3)12-5-4-6-15-16(12)28-8-7-27-15/h4-6,9-10H,7-8H2,1-3H3. The molecule has 2 aromatic carbocycles. The van der Waals surface area contributed by atoms with E-state index in [1.54, 1.807) is 31.5 Å². The summed E-state index contributed by atoms with van der Waals surface area (Å²) >= 11 is 0. The monoisotopic (exact) mass is 405 g/mol. The number of para-hydroxylation sites is 1. The number of fused-ring (bicyclic) bond motifs is 1. The Bertz CT molecular complexity index is 1060. The second kappa shape index (κ2) is 6.98. The van der Waals surface area contributed by atoms with E-state index in [1.807, 2.05) is 12.1 Å². The first-order valence-corrected chi connectivity index (χ1v) is 8.90.